The third-order valence-corrected chi connectivity index (χ3v) is 21.9. The number of fused-ring (bicyclic) bond motifs is 1. The molecule has 3 atom stereocenters. The molecule has 0 amide bonds. The Hall–Kier alpha value is -1.92. The van der Waals surface area contributed by atoms with E-state index in [-0.39, 0.29) is 17.1 Å². The van der Waals surface area contributed by atoms with Crippen molar-refractivity contribution in [1.82, 2.24) is 0 Å². The van der Waals surface area contributed by atoms with E-state index >= 15 is 0 Å². The Bertz CT molecular complexity index is 1080. The normalized spacial score (nSPS) is 26.8. The topological polar surface area (TPSA) is 27.7 Å². The Labute approximate surface area is 226 Å². The number of hydrogen-bond donors (Lipinski definition) is 0. The molecule has 3 aromatic rings. The second-order valence-corrected chi connectivity index (χ2v) is 20.8. The summed E-state index contributed by atoms with van der Waals surface area (Å²) in [6.07, 6.45) is 3.70. The molecule has 0 spiro atoms. The predicted molar refractivity (Wildman–Crippen MR) is 155 cm³/mol. The van der Waals surface area contributed by atoms with E-state index in [9.17, 15) is 0 Å². The summed E-state index contributed by atoms with van der Waals surface area (Å²) in [6, 6.07) is 33.8. The number of hydrogen-bond acceptors (Lipinski definition) is 3. The van der Waals surface area contributed by atoms with Gasteiger partial charge in [0.2, 0.25) is 0 Å². The monoisotopic (exact) mass is 604 g/mol. The van der Waals surface area contributed by atoms with Gasteiger partial charge in [0.1, 0.15) is 0 Å². The molecule has 0 unspecified atom stereocenters. The van der Waals surface area contributed by atoms with Crippen LogP contribution in [0.15, 0.2) is 101 Å². The molecule has 3 nitrogen and oxygen atoms in total. The number of rotatable bonds is 9. The molecular formula is C33H40O3Sn. The van der Waals surface area contributed by atoms with Crippen molar-refractivity contribution in [2.75, 3.05) is 26.9 Å². The summed E-state index contributed by atoms with van der Waals surface area (Å²) in [4.78, 5) is 0. The maximum atomic E-state index is 6.81. The van der Waals surface area contributed by atoms with Gasteiger partial charge in [-0.2, -0.15) is 0 Å². The molecule has 0 radical (unpaired) electrons. The molecule has 4 heteroatoms. The molecule has 2 aliphatic heterocycles. The van der Waals surface area contributed by atoms with Crippen LogP contribution in [0.1, 0.15) is 39.5 Å². The second-order valence-electron chi connectivity index (χ2n) is 10.4. The van der Waals surface area contributed by atoms with Crippen LogP contribution in [0.25, 0.3) is 0 Å². The van der Waals surface area contributed by atoms with Crippen LogP contribution in [0.5, 0.6) is 0 Å². The van der Waals surface area contributed by atoms with E-state index < -0.39 is 18.4 Å². The first-order valence-electron chi connectivity index (χ1n) is 13.8. The van der Waals surface area contributed by atoms with Gasteiger partial charge >= 0.3 is 228 Å². The van der Waals surface area contributed by atoms with Crippen molar-refractivity contribution in [3.63, 3.8) is 0 Å². The van der Waals surface area contributed by atoms with E-state index in [0.29, 0.717) is 6.61 Å². The van der Waals surface area contributed by atoms with Crippen LogP contribution < -0.4 is 10.7 Å². The summed E-state index contributed by atoms with van der Waals surface area (Å²) in [5.74, 6) is 0.260. The summed E-state index contributed by atoms with van der Waals surface area (Å²) >= 11 is -3.56. The van der Waals surface area contributed by atoms with E-state index in [4.69, 9.17) is 14.2 Å². The summed E-state index contributed by atoms with van der Waals surface area (Å²) in [5, 5.41) is 0. The summed E-state index contributed by atoms with van der Waals surface area (Å²) < 4.78 is 26.3. The molecule has 0 N–H and O–H groups in total. The number of benzene rings is 3. The summed E-state index contributed by atoms with van der Waals surface area (Å²) in [6.45, 7) is 6.68. The molecule has 0 aromatic heterocycles. The quantitative estimate of drug-likeness (QED) is 0.322. The van der Waals surface area contributed by atoms with Crippen LogP contribution in [0.3, 0.4) is 0 Å². The Morgan fingerprint density at radius 2 is 1.35 bits per heavy atom. The fourth-order valence-corrected chi connectivity index (χ4v) is 20.1. The first-order valence-corrected chi connectivity index (χ1v) is 19.7. The minimum atomic E-state index is -3.56. The van der Waals surface area contributed by atoms with Gasteiger partial charge in [-0.3, -0.25) is 0 Å². The average molecular weight is 603 g/mol. The van der Waals surface area contributed by atoms with Crippen molar-refractivity contribution in [1.29, 1.82) is 0 Å². The van der Waals surface area contributed by atoms with Gasteiger partial charge in [0.05, 0.1) is 0 Å². The standard InChI is InChI=1S/C15H25O3.3C6H5.Sn/c1-5-14(8-10-16-4)15(6-2)13(11-18-14)12(3)7-9-17-15;3*1-2-4-6-5-3-1;/h3,13H,5-11H2,1-2,4H3;3*1-5H;/t13-,14-,15+;;;;/m1..../s1. The van der Waals surface area contributed by atoms with Gasteiger partial charge in [-0.15, -0.1) is 0 Å². The molecule has 3 aromatic carbocycles. The molecule has 2 aliphatic rings. The van der Waals surface area contributed by atoms with Crippen LogP contribution in [0.2, 0.25) is 0 Å². The third kappa shape index (κ3) is 4.52. The van der Waals surface area contributed by atoms with Crippen molar-refractivity contribution < 1.29 is 14.2 Å². The first kappa shape index (κ1) is 26.7. The molecule has 37 heavy (non-hydrogen) atoms. The Morgan fingerprint density at radius 1 is 0.811 bits per heavy atom. The van der Waals surface area contributed by atoms with Crippen molar-refractivity contribution in [2.45, 2.75) is 50.7 Å². The van der Waals surface area contributed by atoms with Crippen molar-refractivity contribution in [3.05, 3.63) is 101 Å². The third-order valence-electron chi connectivity index (χ3n) is 8.95. The predicted octanol–water partition coefficient (Wildman–Crippen LogP) is 5.02. The zero-order chi connectivity index (χ0) is 25.8. The second kappa shape index (κ2) is 11.4. The van der Waals surface area contributed by atoms with Crippen LogP contribution in [-0.4, -0.2) is 56.5 Å². The molecule has 0 bridgehead atoms. The van der Waals surface area contributed by atoms with E-state index in [1.807, 2.05) is 0 Å². The number of ether oxygens (including phenoxy) is 3. The van der Waals surface area contributed by atoms with Gasteiger partial charge in [0.15, 0.2) is 0 Å². The molecule has 0 aliphatic carbocycles. The van der Waals surface area contributed by atoms with Crippen molar-refractivity contribution in [3.8, 4) is 0 Å². The molecule has 5 rings (SSSR count). The number of methoxy groups -OCH3 is 1. The van der Waals surface area contributed by atoms with Crippen LogP contribution in [0.4, 0.5) is 0 Å². The van der Waals surface area contributed by atoms with Gasteiger partial charge in [0.25, 0.3) is 0 Å². The first-order chi connectivity index (χ1) is 18.2. The van der Waals surface area contributed by atoms with Gasteiger partial charge in [0, 0.05) is 0 Å². The minimum absolute atomic E-state index is 0.260. The summed E-state index contributed by atoms with van der Waals surface area (Å²) in [5.41, 5.74) is 0.909. The molecule has 194 valence electrons. The fraction of sp³-hybridized carbons (Fsp3) is 0.394. The van der Waals surface area contributed by atoms with Gasteiger partial charge in [-0.1, -0.05) is 0 Å². The average Bonchev–Trinajstić information content (AvgIpc) is 3.31. The molecule has 2 heterocycles. The van der Waals surface area contributed by atoms with E-state index in [1.54, 1.807) is 7.11 Å². The zero-order valence-electron chi connectivity index (χ0n) is 22.5. The molecule has 2 saturated heterocycles. The SMILES string of the molecule is CC[C@]1(CCOC)OC[C@@H]2/C(=[CH]/[Sn]([c]3ccccc3)([c]3ccccc3)[c]3ccccc3)CCO[C@@]21CC. The van der Waals surface area contributed by atoms with Crippen molar-refractivity contribution >= 4 is 29.1 Å². The van der Waals surface area contributed by atoms with Gasteiger partial charge in [-0.25, -0.2) is 0 Å². The maximum absolute atomic E-state index is 6.81. The summed E-state index contributed by atoms with van der Waals surface area (Å²) in [7, 11) is 1.78. The van der Waals surface area contributed by atoms with Gasteiger partial charge < -0.3 is 0 Å². The van der Waals surface area contributed by atoms with Crippen molar-refractivity contribution in [2.24, 2.45) is 5.92 Å². The Kier molecular flexibility index (Phi) is 8.25. The molecular weight excluding hydrogens is 563 g/mol. The Balaban J connectivity index is 1.73. The molecule has 0 saturated carbocycles. The van der Waals surface area contributed by atoms with Crippen LogP contribution >= 0.6 is 0 Å². The van der Waals surface area contributed by atoms with Crippen LogP contribution in [-0.2, 0) is 14.2 Å². The zero-order valence-corrected chi connectivity index (χ0v) is 25.3. The van der Waals surface area contributed by atoms with E-state index in [2.05, 4.69) is 109 Å². The van der Waals surface area contributed by atoms with Crippen LogP contribution in [0, 0.1) is 5.92 Å². The van der Waals surface area contributed by atoms with E-state index in [1.165, 1.54) is 16.3 Å². The molecule has 2 fully saturated rings. The fourth-order valence-electron chi connectivity index (χ4n) is 7.08. The van der Waals surface area contributed by atoms with E-state index in [0.717, 1.165) is 38.9 Å². The van der Waals surface area contributed by atoms with Gasteiger partial charge in [-0.05, 0) is 0 Å². The Morgan fingerprint density at radius 3 is 1.81 bits per heavy atom.